The molecule has 146 valence electrons. The number of carbonyl (C=O) groups excluding carboxylic acids is 1. The molecule has 0 saturated carbocycles. The summed E-state index contributed by atoms with van der Waals surface area (Å²) in [4.78, 5) is 12.6. The van der Waals surface area contributed by atoms with Gasteiger partial charge in [0.05, 0.1) is 10.6 Å². The second-order valence-corrected chi connectivity index (χ2v) is 8.90. The van der Waals surface area contributed by atoms with Crippen LogP contribution in [0, 0.1) is 13.8 Å². The molecule has 2 aromatic rings. The van der Waals surface area contributed by atoms with Gasteiger partial charge in [0.1, 0.15) is 6.54 Å². The van der Waals surface area contributed by atoms with E-state index in [-0.39, 0.29) is 23.4 Å². The zero-order chi connectivity index (χ0) is 20.2. The predicted octanol–water partition coefficient (Wildman–Crippen LogP) is 4.07. The van der Waals surface area contributed by atoms with Crippen LogP contribution in [-0.2, 0) is 14.8 Å². The Labute approximate surface area is 166 Å². The lowest BCUT2D eigenvalue weighted by molar-refractivity contribution is -0.120. The number of carbonyl (C=O) groups is 1. The molecule has 0 radical (unpaired) electrons. The van der Waals surface area contributed by atoms with Crippen LogP contribution >= 0.6 is 11.6 Å². The second-order valence-electron chi connectivity index (χ2n) is 6.64. The van der Waals surface area contributed by atoms with E-state index in [2.05, 4.69) is 5.32 Å². The molecule has 0 spiro atoms. The predicted molar refractivity (Wildman–Crippen MR) is 110 cm³/mol. The first-order valence-corrected chi connectivity index (χ1v) is 10.6. The van der Waals surface area contributed by atoms with Crippen LogP contribution in [0.15, 0.2) is 47.4 Å². The monoisotopic (exact) mass is 408 g/mol. The minimum absolute atomic E-state index is 0.0389. The van der Waals surface area contributed by atoms with Crippen LogP contribution in [0.5, 0.6) is 0 Å². The van der Waals surface area contributed by atoms with Crippen LogP contribution < -0.4 is 9.62 Å². The molecule has 0 bridgehead atoms. The lowest BCUT2D eigenvalue weighted by Gasteiger charge is -2.25. The lowest BCUT2D eigenvalue weighted by Crippen LogP contribution is -2.43. The fraction of sp³-hybridized carbons (Fsp3) is 0.350. The molecule has 5 nitrogen and oxygen atoms in total. The highest BCUT2D eigenvalue weighted by Crippen LogP contribution is 2.28. The first-order chi connectivity index (χ1) is 12.6. The number of amides is 1. The SMILES string of the molecule is CCC(C)NC(=O)CN(c1ccc(C)c(Cl)c1)S(=O)(=O)c1ccc(C)cc1. The van der Waals surface area contributed by atoms with Gasteiger partial charge >= 0.3 is 0 Å². The van der Waals surface area contributed by atoms with Gasteiger partial charge in [-0.05, 0) is 57.0 Å². The van der Waals surface area contributed by atoms with E-state index in [0.29, 0.717) is 10.7 Å². The standard InChI is InChI=1S/C20H25ClN2O3S/c1-5-16(4)22-20(24)13-23(17-9-8-15(3)19(21)12-17)27(25,26)18-10-6-14(2)7-11-18/h6-12,16H,5,13H2,1-4H3,(H,22,24). The van der Waals surface area contributed by atoms with Gasteiger partial charge in [0, 0.05) is 11.1 Å². The van der Waals surface area contributed by atoms with Crippen molar-refractivity contribution in [3.63, 3.8) is 0 Å². The first kappa shape index (κ1) is 21.3. The van der Waals surface area contributed by atoms with Gasteiger partial charge in [-0.1, -0.05) is 42.3 Å². The van der Waals surface area contributed by atoms with E-state index >= 15 is 0 Å². The van der Waals surface area contributed by atoms with Gasteiger partial charge in [0.25, 0.3) is 10.0 Å². The molecular weight excluding hydrogens is 384 g/mol. The summed E-state index contributed by atoms with van der Waals surface area (Å²) in [6.07, 6.45) is 0.757. The van der Waals surface area contributed by atoms with Crippen molar-refractivity contribution >= 4 is 33.2 Å². The van der Waals surface area contributed by atoms with E-state index in [1.165, 1.54) is 0 Å². The third-order valence-electron chi connectivity index (χ3n) is 4.36. The summed E-state index contributed by atoms with van der Waals surface area (Å²) in [7, 11) is -3.92. The quantitative estimate of drug-likeness (QED) is 0.751. The Kier molecular flexibility index (Phi) is 6.89. The largest absolute Gasteiger partial charge is 0.352 e. The Hall–Kier alpha value is -2.05. The van der Waals surface area contributed by atoms with Crippen molar-refractivity contribution in [3.05, 3.63) is 58.6 Å². The Balaban J connectivity index is 2.46. The summed E-state index contributed by atoms with van der Waals surface area (Å²) in [6, 6.07) is 11.5. The number of hydrogen-bond acceptors (Lipinski definition) is 3. The molecule has 0 aliphatic rings. The second kappa shape index (κ2) is 8.76. The first-order valence-electron chi connectivity index (χ1n) is 8.80. The van der Waals surface area contributed by atoms with Crippen molar-refractivity contribution in [2.45, 2.75) is 45.1 Å². The number of benzene rings is 2. The molecule has 1 N–H and O–H groups in total. The molecule has 2 aromatic carbocycles. The molecule has 0 aliphatic heterocycles. The van der Waals surface area contributed by atoms with Crippen molar-refractivity contribution < 1.29 is 13.2 Å². The average Bonchev–Trinajstić information content (AvgIpc) is 2.62. The van der Waals surface area contributed by atoms with Crippen LogP contribution in [0.3, 0.4) is 0 Å². The smallest absolute Gasteiger partial charge is 0.264 e. The van der Waals surface area contributed by atoms with E-state index in [0.717, 1.165) is 21.9 Å². The fourth-order valence-electron chi connectivity index (χ4n) is 2.44. The Bertz CT molecular complexity index is 911. The molecule has 1 atom stereocenters. The minimum Gasteiger partial charge on any atom is -0.352 e. The maximum Gasteiger partial charge on any atom is 0.264 e. The Morgan fingerprint density at radius 1 is 1.15 bits per heavy atom. The van der Waals surface area contributed by atoms with Crippen molar-refractivity contribution in [1.29, 1.82) is 0 Å². The topological polar surface area (TPSA) is 66.5 Å². The normalized spacial score (nSPS) is 12.5. The molecule has 27 heavy (non-hydrogen) atoms. The number of rotatable bonds is 7. The molecule has 7 heteroatoms. The van der Waals surface area contributed by atoms with E-state index in [1.54, 1.807) is 42.5 Å². The van der Waals surface area contributed by atoms with E-state index in [4.69, 9.17) is 11.6 Å². The number of hydrogen-bond donors (Lipinski definition) is 1. The van der Waals surface area contributed by atoms with E-state index in [1.807, 2.05) is 27.7 Å². The van der Waals surface area contributed by atoms with Gasteiger partial charge in [-0.25, -0.2) is 8.42 Å². The summed E-state index contributed by atoms with van der Waals surface area (Å²) in [5, 5.41) is 3.25. The molecule has 0 fully saturated rings. The summed E-state index contributed by atoms with van der Waals surface area (Å²) in [5.74, 6) is -0.364. The number of aryl methyl sites for hydroxylation is 2. The molecule has 2 rings (SSSR count). The molecule has 0 aliphatic carbocycles. The van der Waals surface area contributed by atoms with Crippen LogP contribution in [-0.4, -0.2) is 26.9 Å². The molecular formula is C20H25ClN2O3S. The van der Waals surface area contributed by atoms with Crippen molar-refractivity contribution in [3.8, 4) is 0 Å². The zero-order valence-corrected chi connectivity index (χ0v) is 17.6. The highest BCUT2D eigenvalue weighted by molar-refractivity contribution is 7.92. The van der Waals surface area contributed by atoms with Crippen LogP contribution in [0.25, 0.3) is 0 Å². The number of halogens is 1. The minimum atomic E-state index is -3.92. The highest BCUT2D eigenvalue weighted by Gasteiger charge is 2.27. The Morgan fingerprint density at radius 2 is 1.78 bits per heavy atom. The molecule has 0 aromatic heterocycles. The molecule has 1 amide bonds. The third kappa shape index (κ3) is 5.23. The average molecular weight is 409 g/mol. The summed E-state index contributed by atoms with van der Waals surface area (Å²) >= 11 is 6.20. The van der Waals surface area contributed by atoms with Gasteiger partial charge in [-0.15, -0.1) is 0 Å². The highest BCUT2D eigenvalue weighted by atomic mass is 35.5. The molecule has 0 heterocycles. The zero-order valence-electron chi connectivity index (χ0n) is 16.0. The number of sulfonamides is 1. The number of nitrogens with one attached hydrogen (secondary N) is 1. The van der Waals surface area contributed by atoms with Crippen molar-refractivity contribution in [2.75, 3.05) is 10.8 Å². The van der Waals surface area contributed by atoms with E-state index in [9.17, 15) is 13.2 Å². The lowest BCUT2D eigenvalue weighted by atomic mass is 10.2. The summed E-state index contributed by atoms with van der Waals surface area (Å²) < 4.78 is 27.6. The van der Waals surface area contributed by atoms with Crippen LogP contribution in [0.2, 0.25) is 5.02 Å². The molecule has 0 saturated heterocycles. The van der Waals surface area contributed by atoms with Gasteiger partial charge < -0.3 is 5.32 Å². The van der Waals surface area contributed by atoms with Gasteiger partial charge in [0.2, 0.25) is 5.91 Å². The maximum atomic E-state index is 13.2. The van der Waals surface area contributed by atoms with E-state index < -0.39 is 10.0 Å². The van der Waals surface area contributed by atoms with Crippen molar-refractivity contribution in [1.82, 2.24) is 5.32 Å². The van der Waals surface area contributed by atoms with Gasteiger partial charge in [-0.2, -0.15) is 0 Å². The van der Waals surface area contributed by atoms with Gasteiger partial charge in [-0.3, -0.25) is 9.10 Å². The summed E-state index contributed by atoms with van der Waals surface area (Å²) in [5.41, 5.74) is 2.14. The fourth-order valence-corrected chi connectivity index (χ4v) is 4.03. The number of nitrogens with zero attached hydrogens (tertiary/aromatic N) is 1. The van der Waals surface area contributed by atoms with Crippen molar-refractivity contribution in [2.24, 2.45) is 0 Å². The van der Waals surface area contributed by atoms with Crippen LogP contribution in [0.1, 0.15) is 31.4 Å². The van der Waals surface area contributed by atoms with Gasteiger partial charge in [0.15, 0.2) is 0 Å². The molecule has 1 unspecified atom stereocenters. The number of anilines is 1. The Morgan fingerprint density at radius 3 is 2.33 bits per heavy atom. The maximum absolute atomic E-state index is 13.2. The summed E-state index contributed by atoms with van der Waals surface area (Å²) in [6.45, 7) is 7.22. The van der Waals surface area contributed by atoms with Crippen LogP contribution in [0.4, 0.5) is 5.69 Å². The third-order valence-corrected chi connectivity index (χ3v) is 6.55.